The summed E-state index contributed by atoms with van der Waals surface area (Å²) in [6.45, 7) is 0.129. The number of benzene rings is 1. The Kier molecular flexibility index (Phi) is 4.67. The molecule has 110 valence electrons. The molecule has 1 fully saturated rings. The number of rotatable bonds is 4. The van der Waals surface area contributed by atoms with Crippen molar-refractivity contribution in [3.63, 3.8) is 0 Å². The van der Waals surface area contributed by atoms with E-state index in [1.54, 1.807) is 12.1 Å². The van der Waals surface area contributed by atoms with Gasteiger partial charge in [-0.15, -0.1) is 0 Å². The Morgan fingerprint density at radius 3 is 2.50 bits per heavy atom. The van der Waals surface area contributed by atoms with Crippen LogP contribution in [0.5, 0.6) is 0 Å². The van der Waals surface area contributed by atoms with E-state index in [9.17, 15) is 13.2 Å². The Balaban J connectivity index is 2.29. The molecule has 1 saturated heterocycles. The van der Waals surface area contributed by atoms with Crippen molar-refractivity contribution in [2.24, 2.45) is 5.92 Å². The highest BCUT2D eigenvalue weighted by molar-refractivity contribution is 14.1. The van der Waals surface area contributed by atoms with Crippen molar-refractivity contribution in [3.8, 4) is 0 Å². The fraction of sp³-hybridized carbons (Fsp3) is 0.417. The Morgan fingerprint density at radius 1 is 1.35 bits per heavy atom. The van der Waals surface area contributed by atoms with Crippen molar-refractivity contribution in [1.29, 1.82) is 0 Å². The number of hydrogen-bond donors (Lipinski definition) is 1. The minimum atomic E-state index is -3.72. The van der Waals surface area contributed by atoms with Crippen LogP contribution in [0.3, 0.4) is 0 Å². The lowest BCUT2D eigenvalue weighted by Gasteiger charge is -2.25. The Morgan fingerprint density at radius 2 is 1.95 bits per heavy atom. The van der Waals surface area contributed by atoms with Crippen LogP contribution in [0.1, 0.15) is 0 Å². The highest BCUT2D eigenvalue weighted by atomic mass is 127. The predicted octanol–water partition coefficient (Wildman–Crippen LogP) is 1.01. The van der Waals surface area contributed by atoms with Crippen LogP contribution < -0.4 is 0 Å². The van der Waals surface area contributed by atoms with Crippen molar-refractivity contribution < 1.29 is 23.1 Å². The van der Waals surface area contributed by atoms with E-state index in [0.717, 1.165) is 7.88 Å². The molecule has 6 nitrogen and oxygen atoms in total. The number of carbonyl (C=O) groups is 1. The van der Waals surface area contributed by atoms with E-state index < -0.39 is 28.0 Å². The molecule has 20 heavy (non-hydrogen) atoms. The molecule has 0 bridgehead atoms. The maximum Gasteiger partial charge on any atom is 0.310 e. The number of carboxylic acids is 1. The van der Waals surface area contributed by atoms with Crippen LogP contribution in [0.2, 0.25) is 0 Å². The van der Waals surface area contributed by atoms with Crippen molar-refractivity contribution in [1.82, 2.24) is 4.31 Å². The van der Waals surface area contributed by atoms with Gasteiger partial charge in [0.2, 0.25) is 10.0 Å². The van der Waals surface area contributed by atoms with Gasteiger partial charge in [0.05, 0.1) is 30.1 Å². The SMILES string of the molecule is CN(C1COCC1C(=O)O)S(=O)(=O)c1ccc(I)cc1. The first-order chi connectivity index (χ1) is 9.34. The highest BCUT2D eigenvalue weighted by Crippen LogP contribution is 2.25. The summed E-state index contributed by atoms with van der Waals surface area (Å²) in [6, 6.07) is 5.73. The Bertz CT molecular complexity index is 601. The molecule has 1 aromatic carbocycles. The summed E-state index contributed by atoms with van der Waals surface area (Å²) in [5.41, 5.74) is 0. The smallest absolute Gasteiger partial charge is 0.310 e. The van der Waals surface area contributed by atoms with Crippen LogP contribution in [0.4, 0.5) is 0 Å². The molecule has 1 aromatic rings. The summed E-state index contributed by atoms with van der Waals surface area (Å²) in [7, 11) is -2.33. The molecule has 1 aliphatic rings. The summed E-state index contributed by atoms with van der Waals surface area (Å²) in [6.07, 6.45) is 0. The molecule has 8 heteroatoms. The second-order valence-corrected chi connectivity index (χ2v) is 7.77. The fourth-order valence-electron chi connectivity index (χ4n) is 2.09. The molecule has 0 radical (unpaired) electrons. The average Bonchev–Trinajstić information content (AvgIpc) is 2.87. The lowest BCUT2D eigenvalue weighted by atomic mass is 10.1. The van der Waals surface area contributed by atoms with Crippen molar-refractivity contribution in [2.45, 2.75) is 10.9 Å². The van der Waals surface area contributed by atoms with Gasteiger partial charge in [0.1, 0.15) is 0 Å². The van der Waals surface area contributed by atoms with Crippen LogP contribution in [0.15, 0.2) is 29.2 Å². The van der Waals surface area contributed by atoms with E-state index in [4.69, 9.17) is 9.84 Å². The van der Waals surface area contributed by atoms with Gasteiger partial charge >= 0.3 is 5.97 Å². The molecule has 0 spiro atoms. The molecule has 0 amide bonds. The van der Waals surface area contributed by atoms with Crippen LogP contribution >= 0.6 is 22.6 Å². The standard InChI is InChI=1S/C12H14INO5S/c1-14(11-7-19-6-10(11)12(15)16)20(17,18)9-4-2-8(13)3-5-9/h2-5,10-11H,6-7H2,1H3,(H,15,16). The summed E-state index contributed by atoms with van der Waals surface area (Å²) >= 11 is 2.09. The van der Waals surface area contributed by atoms with Gasteiger partial charge in [-0.3, -0.25) is 4.79 Å². The van der Waals surface area contributed by atoms with Crippen molar-refractivity contribution in [3.05, 3.63) is 27.8 Å². The van der Waals surface area contributed by atoms with E-state index in [2.05, 4.69) is 22.6 Å². The number of ether oxygens (including phenoxy) is 1. The maximum absolute atomic E-state index is 12.5. The maximum atomic E-state index is 12.5. The Labute approximate surface area is 130 Å². The zero-order valence-electron chi connectivity index (χ0n) is 10.7. The zero-order chi connectivity index (χ0) is 14.9. The number of halogens is 1. The van der Waals surface area contributed by atoms with E-state index >= 15 is 0 Å². The predicted molar refractivity (Wildman–Crippen MR) is 79.8 cm³/mol. The van der Waals surface area contributed by atoms with Crippen molar-refractivity contribution in [2.75, 3.05) is 20.3 Å². The molecule has 2 unspecified atom stereocenters. The second kappa shape index (κ2) is 5.96. The highest BCUT2D eigenvalue weighted by Gasteiger charge is 2.41. The van der Waals surface area contributed by atoms with E-state index in [1.807, 2.05) is 0 Å². The fourth-order valence-corrected chi connectivity index (χ4v) is 3.82. The monoisotopic (exact) mass is 411 g/mol. The first kappa shape index (κ1) is 15.7. The van der Waals surface area contributed by atoms with Gasteiger partial charge in [0.15, 0.2) is 0 Å². The number of nitrogens with zero attached hydrogens (tertiary/aromatic N) is 1. The number of sulfonamides is 1. The minimum absolute atomic E-state index is 0.0343. The van der Waals surface area contributed by atoms with Gasteiger partial charge in [0.25, 0.3) is 0 Å². The number of hydrogen-bond acceptors (Lipinski definition) is 4. The topological polar surface area (TPSA) is 83.9 Å². The van der Waals surface area contributed by atoms with Crippen LogP contribution in [0, 0.1) is 9.49 Å². The van der Waals surface area contributed by atoms with Crippen LogP contribution in [-0.2, 0) is 19.6 Å². The summed E-state index contributed by atoms with van der Waals surface area (Å²) in [4.78, 5) is 11.3. The molecule has 1 heterocycles. The van der Waals surface area contributed by atoms with Crippen molar-refractivity contribution >= 4 is 38.6 Å². The van der Waals surface area contributed by atoms with Gasteiger partial charge in [0, 0.05) is 10.6 Å². The number of carboxylic acid groups (broad SMARTS) is 1. The summed E-state index contributed by atoms with van der Waals surface area (Å²) in [5.74, 6) is -1.88. The zero-order valence-corrected chi connectivity index (χ0v) is 13.7. The molecular formula is C12H14INO5S. The number of likely N-dealkylation sites (N-methyl/N-ethyl adjacent to an activating group) is 1. The third kappa shape index (κ3) is 2.97. The van der Waals surface area contributed by atoms with Gasteiger partial charge < -0.3 is 9.84 Å². The van der Waals surface area contributed by atoms with Gasteiger partial charge in [-0.05, 0) is 46.9 Å². The second-order valence-electron chi connectivity index (χ2n) is 4.52. The lowest BCUT2D eigenvalue weighted by molar-refractivity contribution is -0.142. The molecule has 2 atom stereocenters. The largest absolute Gasteiger partial charge is 0.481 e. The first-order valence-corrected chi connectivity index (χ1v) is 8.40. The molecule has 1 N–H and O–H groups in total. The molecule has 1 aliphatic heterocycles. The van der Waals surface area contributed by atoms with E-state index in [-0.39, 0.29) is 18.1 Å². The van der Waals surface area contributed by atoms with Crippen LogP contribution in [-0.4, -0.2) is 50.1 Å². The lowest BCUT2D eigenvalue weighted by Crippen LogP contribution is -2.44. The average molecular weight is 411 g/mol. The third-order valence-electron chi connectivity index (χ3n) is 3.33. The van der Waals surface area contributed by atoms with E-state index in [0.29, 0.717) is 0 Å². The van der Waals surface area contributed by atoms with Gasteiger partial charge in [-0.25, -0.2) is 8.42 Å². The minimum Gasteiger partial charge on any atom is -0.481 e. The van der Waals surface area contributed by atoms with Gasteiger partial charge in [-0.2, -0.15) is 4.31 Å². The Hall–Kier alpha value is -0.710. The molecule has 0 saturated carbocycles. The number of aliphatic carboxylic acids is 1. The molecule has 0 aromatic heterocycles. The normalized spacial score (nSPS) is 23.1. The molecule has 2 rings (SSSR count). The summed E-state index contributed by atoms with van der Waals surface area (Å²) < 4.78 is 32.1. The van der Waals surface area contributed by atoms with Gasteiger partial charge in [-0.1, -0.05) is 0 Å². The summed E-state index contributed by atoms with van der Waals surface area (Å²) in [5, 5.41) is 9.10. The van der Waals surface area contributed by atoms with Crippen LogP contribution in [0.25, 0.3) is 0 Å². The molecule has 0 aliphatic carbocycles. The molecular weight excluding hydrogens is 397 g/mol. The first-order valence-electron chi connectivity index (χ1n) is 5.88. The quantitative estimate of drug-likeness (QED) is 0.748. The van der Waals surface area contributed by atoms with E-state index in [1.165, 1.54) is 19.2 Å². The third-order valence-corrected chi connectivity index (χ3v) is 5.94.